The number of methoxy groups -OCH3 is 1. The van der Waals surface area contributed by atoms with Crippen molar-refractivity contribution in [2.75, 3.05) is 13.7 Å². The first kappa shape index (κ1) is 17.3. The van der Waals surface area contributed by atoms with Gasteiger partial charge in [0.05, 0.1) is 37.0 Å². The summed E-state index contributed by atoms with van der Waals surface area (Å²) >= 11 is 0. The molecule has 0 bridgehead atoms. The molecule has 2 aromatic heterocycles. The second-order valence-electron chi connectivity index (χ2n) is 6.16. The number of likely N-dealkylation sites (tertiary alicyclic amines) is 1. The zero-order valence-electron chi connectivity index (χ0n) is 13.9. The first-order chi connectivity index (χ1) is 12.0. The predicted octanol–water partition coefficient (Wildman–Crippen LogP) is 2.21. The van der Waals surface area contributed by atoms with Gasteiger partial charge in [-0.1, -0.05) is 0 Å². The summed E-state index contributed by atoms with van der Waals surface area (Å²) in [6.07, 6.45) is 1.32. The Bertz CT molecular complexity index is 786. The lowest BCUT2D eigenvalue weighted by Gasteiger charge is -2.36. The number of pyridine rings is 2. The second kappa shape index (κ2) is 7.18. The molecule has 1 amide bonds. The van der Waals surface area contributed by atoms with E-state index >= 15 is 0 Å². The summed E-state index contributed by atoms with van der Waals surface area (Å²) in [5, 5.41) is 19.0. The Morgan fingerprint density at radius 1 is 1.44 bits per heavy atom. The zero-order chi connectivity index (χ0) is 18.0. The van der Waals surface area contributed by atoms with Gasteiger partial charge in [0.2, 0.25) is 5.88 Å². The fraction of sp³-hybridized carbons (Fsp3) is 0.471. The maximum atomic E-state index is 14.3. The van der Waals surface area contributed by atoms with Crippen LogP contribution in [0.15, 0.2) is 18.3 Å². The number of piperidine rings is 1. The lowest BCUT2D eigenvalue weighted by atomic mass is 9.94. The molecule has 1 aliphatic rings. The second-order valence-corrected chi connectivity index (χ2v) is 6.16. The van der Waals surface area contributed by atoms with Gasteiger partial charge >= 0.3 is 6.09 Å². The molecule has 0 aliphatic carbocycles. The minimum atomic E-state index is -1.07. The van der Waals surface area contributed by atoms with Crippen molar-refractivity contribution < 1.29 is 24.1 Å². The van der Waals surface area contributed by atoms with E-state index in [1.807, 2.05) is 0 Å². The fourth-order valence-electron chi connectivity index (χ4n) is 3.28. The lowest BCUT2D eigenvalue weighted by Crippen LogP contribution is -2.48. The Morgan fingerprint density at radius 3 is 2.96 bits per heavy atom. The topological polar surface area (TPSA) is 95.8 Å². The van der Waals surface area contributed by atoms with Gasteiger partial charge in [-0.3, -0.25) is 4.98 Å². The molecule has 2 aromatic rings. The lowest BCUT2D eigenvalue weighted by molar-refractivity contribution is 0.0348. The van der Waals surface area contributed by atoms with Crippen LogP contribution in [0.25, 0.3) is 11.0 Å². The van der Waals surface area contributed by atoms with Gasteiger partial charge < -0.3 is 19.8 Å². The van der Waals surface area contributed by atoms with Crippen LogP contribution in [0.4, 0.5) is 9.18 Å². The summed E-state index contributed by atoms with van der Waals surface area (Å²) in [5.74, 6) is -0.0972. The highest BCUT2D eigenvalue weighted by Crippen LogP contribution is 2.26. The van der Waals surface area contributed by atoms with E-state index in [-0.39, 0.29) is 12.6 Å². The van der Waals surface area contributed by atoms with Crippen molar-refractivity contribution in [3.8, 4) is 5.88 Å². The number of fused-ring (bicyclic) bond motifs is 1. The highest BCUT2D eigenvalue weighted by atomic mass is 19.1. The van der Waals surface area contributed by atoms with Gasteiger partial charge in [0.15, 0.2) is 0 Å². The van der Waals surface area contributed by atoms with Gasteiger partial charge in [-0.2, -0.15) is 0 Å². The summed E-state index contributed by atoms with van der Waals surface area (Å²) in [6.45, 7) is 0.0889. The maximum absolute atomic E-state index is 14.3. The molecule has 2 atom stereocenters. The first-order valence-corrected chi connectivity index (χ1v) is 8.15. The van der Waals surface area contributed by atoms with E-state index in [0.29, 0.717) is 48.2 Å². The monoisotopic (exact) mass is 349 g/mol. The van der Waals surface area contributed by atoms with E-state index in [9.17, 15) is 19.4 Å². The van der Waals surface area contributed by atoms with E-state index in [1.165, 1.54) is 12.0 Å². The van der Waals surface area contributed by atoms with Crippen LogP contribution in [0, 0.1) is 5.82 Å². The molecular weight excluding hydrogens is 329 g/mol. The smallest absolute Gasteiger partial charge is 0.407 e. The fourth-order valence-corrected chi connectivity index (χ4v) is 3.28. The van der Waals surface area contributed by atoms with Crippen LogP contribution in [0.1, 0.15) is 24.8 Å². The minimum Gasteiger partial charge on any atom is -0.481 e. The normalized spacial score (nSPS) is 20.7. The summed E-state index contributed by atoms with van der Waals surface area (Å²) in [6, 6.07) is 3.12. The Balaban J connectivity index is 1.85. The first-order valence-electron chi connectivity index (χ1n) is 8.15. The number of hydrogen-bond donors (Lipinski definition) is 2. The Morgan fingerprint density at radius 2 is 2.24 bits per heavy atom. The minimum absolute atomic E-state index is 0.0889. The summed E-state index contributed by atoms with van der Waals surface area (Å²) in [7, 11) is 1.48. The maximum Gasteiger partial charge on any atom is 0.407 e. The number of aliphatic hydroxyl groups excluding tert-OH is 1. The Hall–Kier alpha value is -2.48. The van der Waals surface area contributed by atoms with Gasteiger partial charge in [0.1, 0.15) is 5.82 Å². The van der Waals surface area contributed by atoms with Crippen molar-refractivity contribution in [1.82, 2.24) is 14.9 Å². The zero-order valence-corrected chi connectivity index (χ0v) is 13.9. The van der Waals surface area contributed by atoms with Crippen molar-refractivity contribution in [3.63, 3.8) is 0 Å². The molecule has 3 rings (SSSR count). The van der Waals surface area contributed by atoms with E-state index in [0.717, 1.165) is 6.20 Å². The van der Waals surface area contributed by atoms with Gasteiger partial charge in [-0.25, -0.2) is 14.2 Å². The number of amides is 1. The van der Waals surface area contributed by atoms with Crippen molar-refractivity contribution >= 4 is 17.1 Å². The molecule has 0 spiro atoms. The number of hydrogen-bond acceptors (Lipinski definition) is 5. The average Bonchev–Trinajstić information content (AvgIpc) is 2.61. The number of aromatic nitrogens is 2. The third-order valence-corrected chi connectivity index (χ3v) is 4.60. The van der Waals surface area contributed by atoms with Crippen molar-refractivity contribution in [2.45, 2.75) is 37.8 Å². The van der Waals surface area contributed by atoms with Crippen molar-refractivity contribution in [2.24, 2.45) is 0 Å². The SMILES string of the molecule is COc1ccc2ncc(F)c(CC[C@H]3CC[C@H](O)CN3C(=O)O)c2n1. The van der Waals surface area contributed by atoms with Crippen LogP contribution >= 0.6 is 0 Å². The molecule has 1 aliphatic heterocycles. The molecule has 25 heavy (non-hydrogen) atoms. The quantitative estimate of drug-likeness (QED) is 0.879. The molecule has 0 unspecified atom stereocenters. The highest BCUT2D eigenvalue weighted by Gasteiger charge is 2.30. The van der Waals surface area contributed by atoms with Crippen LogP contribution in [0.5, 0.6) is 5.88 Å². The number of halogens is 1. The van der Waals surface area contributed by atoms with Crippen LogP contribution in [0.3, 0.4) is 0 Å². The highest BCUT2D eigenvalue weighted by molar-refractivity contribution is 5.78. The summed E-state index contributed by atoms with van der Waals surface area (Å²) in [4.78, 5) is 20.9. The van der Waals surface area contributed by atoms with Crippen LogP contribution in [0.2, 0.25) is 0 Å². The Labute approximate surface area is 144 Å². The number of carboxylic acid groups (broad SMARTS) is 1. The molecule has 8 heteroatoms. The molecule has 0 saturated carbocycles. The number of aryl methyl sites for hydroxylation is 1. The molecular formula is C17H20FN3O4. The van der Waals surface area contributed by atoms with Gasteiger partial charge in [0.25, 0.3) is 0 Å². The van der Waals surface area contributed by atoms with E-state index in [2.05, 4.69) is 9.97 Å². The molecule has 1 saturated heterocycles. The van der Waals surface area contributed by atoms with Crippen molar-refractivity contribution in [3.05, 3.63) is 29.7 Å². The largest absolute Gasteiger partial charge is 0.481 e. The average molecular weight is 349 g/mol. The van der Waals surface area contributed by atoms with Crippen LogP contribution in [-0.4, -0.2) is 57.0 Å². The molecule has 3 heterocycles. The molecule has 1 fully saturated rings. The number of ether oxygens (including phenoxy) is 1. The number of aliphatic hydroxyl groups is 1. The van der Waals surface area contributed by atoms with Gasteiger partial charge in [-0.05, 0) is 31.7 Å². The van der Waals surface area contributed by atoms with Gasteiger partial charge in [-0.15, -0.1) is 0 Å². The van der Waals surface area contributed by atoms with Crippen LogP contribution < -0.4 is 4.74 Å². The molecule has 2 N–H and O–H groups in total. The summed E-state index contributed by atoms with van der Waals surface area (Å²) < 4.78 is 19.4. The molecule has 7 nitrogen and oxygen atoms in total. The molecule has 134 valence electrons. The van der Waals surface area contributed by atoms with Crippen molar-refractivity contribution in [1.29, 1.82) is 0 Å². The third-order valence-electron chi connectivity index (χ3n) is 4.60. The number of rotatable bonds is 4. The van der Waals surface area contributed by atoms with Gasteiger partial charge in [0, 0.05) is 17.7 Å². The molecule has 0 radical (unpaired) electrons. The third kappa shape index (κ3) is 3.63. The standard InChI is InChI=1S/C17H20FN3O4/c1-25-15-7-6-14-16(20-15)12(13(18)8-19-14)5-3-10-2-4-11(22)9-21(10)17(23)24/h6-8,10-11,22H,2-5,9H2,1H3,(H,23,24)/t10-,11+/m1/s1. The number of carbonyl (C=O) groups is 1. The van der Waals surface area contributed by atoms with E-state index in [1.54, 1.807) is 12.1 Å². The summed E-state index contributed by atoms with van der Waals surface area (Å²) in [5.41, 5.74) is 1.39. The van der Waals surface area contributed by atoms with Crippen LogP contribution in [-0.2, 0) is 6.42 Å². The number of β-amino-alcohol motifs (C(OH)–C–C–N with tert-alkyl or cyclic N) is 1. The Kier molecular flexibility index (Phi) is 4.98. The van der Waals surface area contributed by atoms with E-state index < -0.39 is 18.0 Å². The van der Waals surface area contributed by atoms with E-state index in [4.69, 9.17) is 4.74 Å². The molecule has 0 aromatic carbocycles. The number of nitrogens with zero attached hydrogens (tertiary/aromatic N) is 3. The predicted molar refractivity (Wildman–Crippen MR) is 88.1 cm³/mol.